The molecule has 1 aromatic rings. The maximum Gasteiger partial charge on any atom is 0.0766 e. The van der Waals surface area contributed by atoms with Crippen molar-refractivity contribution >= 4 is 15.9 Å². The summed E-state index contributed by atoms with van der Waals surface area (Å²) < 4.78 is 8.91. The molecule has 5 heteroatoms. The van der Waals surface area contributed by atoms with Crippen LogP contribution < -0.4 is 5.32 Å². The van der Waals surface area contributed by atoms with Crippen LogP contribution in [0.15, 0.2) is 4.47 Å². The Labute approximate surface area is 130 Å². The lowest BCUT2D eigenvalue weighted by Gasteiger charge is -2.28. The molecule has 0 radical (unpaired) electrons. The molecule has 1 atom stereocenters. The Morgan fingerprint density at radius 3 is 2.80 bits per heavy atom. The van der Waals surface area contributed by atoms with Crippen LogP contribution in [0.1, 0.15) is 38.1 Å². The van der Waals surface area contributed by atoms with E-state index in [1.807, 2.05) is 11.7 Å². The van der Waals surface area contributed by atoms with Gasteiger partial charge in [-0.25, -0.2) is 0 Å². The normalized spacial score (nSPS) is 22.6. The van der Waals surface area contributed by atoms with E-state index in [1.54, 1.807) is 0 Å². The van der Waals surface area contributed by atoms with Gasteiger partial charge in [-0.1, -0.05) is 13.8 Å². The second-order valence-electron chi connectivity index (χ2n) is 5.84. The molecule has 2 heterocycles. The van der Waals surface area contributed by atoms with Crippen LogP contribution in [-0.2, 0) is 24.6 Å². The quantitative estimate of drug-likeness (QED) is 0.773. The number of hydrogen-bond acceptors (Lipinski definition) is 3. The van der Waals surface area contributed by atoms with Crippen molar-refractivity contribution < 1.29 is 4.74 Å². The molecule has 0 saturated carbocycles. The number of halogens is 1. The van der Waals surface area contributed by atoms with E-state index in [-0.39, 0.29) is 5.41 Å². The summed E-state index contributed by atoms with van der Waals surface area (Å²) in [4.78, 5) is 0. The first kappa shape index (κ1) is 16.0. The van der Waals surface area contributed by atoms with Gasteiger partial charge in [-0.3, -0.25) is 4.68 Å². The molecule has 4 nitrogen and oxygen atoms in total. The third-order valence-corrected chi connectivity index (χ3v) is 5.07. The molecule has 0 spiro atoms. The second-order valence-corrected chi connectivity index (χ2v) is 6.63. The Balaban J connectivity index is 2.14. The fraction of sp³-hybridized carbons (Fsp3) is 0.800. The highest BCUT2D eigenvalue weighted by molar-refractivity contribution is 9.10. The van der Waals surface area contributed by atoms with Gasteiger partial charge in [0.1, 0.15) is 0 Å². The van der Waals surface area contributed by atoms with E-state index >= 15 is 0 Å². The summed E-state index contributed by atoms with van der Waals surface area (Å²) in [7, 11) is 2.04. The Bertz CT molecular complexity index is 439. The van der Waals surface area contributed by atoms with Gasteiger partial charge in [0, 0.05) is 25.6 Å². The van der Waals surface area contributed by atoms with Gasteiger partial charge in [-0.05, 0) is 48.2 Å². The predicted molar refractivity (Wildman–Crippen MR) is 85.0 cm³/mol. The van der Waals surface area contributed by atoms with Crippen LogP contribution in [0.4, 0.5) is 0 Å². The first-order chi connectivity index (χ1) is 9.62. The Kier molecular flexibility index (Phi) is 5.64. The molecule has 1 N–H and O–H groups in total. The summed E-state index contributed by atoms with van der Waals surface area (Å²) in [6.45, 7) is 8.19. The Hall–Kier alpha value is -0.390. The van der Waals surface area contributed by atoms with Gasteiger partial charge in [-0.15, -0.1) is 0 Å². The molecule has 0 aliphatic carbocycles. The minimum absolute atomic E-state index is 0.219. The molecule has 0 bridgehead atoms. The SMILES string of the molecule is CCCNCC1(Cc2c(Br)c(CC)nn2C)CCOC1. The van der Waals surface area contributed by atoms with Crippen molar-refractivity contribution in [1.82, 2.24) is 15.1 Å². The molecular weight excluding hydrogens is 318 g/mol. The summed E-state index contributed by atoms with van der Waals surface area (Å²) in [5, 5.41) is 8.18. The zero-order chi connectivity index (χ0) is 14.6. The molecule has 1 saturated heterocycles. The molecule has 2 rings (SSSR count). The van der Waals surface area contributed by atoms with Crippen molar-refractivity contribution in [3.8, 4) is 0 Å². The van der Waals surface area contributed by atoms with E-state index in [4.69, 9.17) is 4.74 Å². The van der Waals surface area contributed by atoms with Crippen LogP contribution in [0.2, 0.25) is 0 Å². The summed E-state index contributed by atoms with van der Waals surface area (Å²) >= 11 is 3.73. The minimum Gasteiger partial charge on any atom is -0.381 e. The average Bonchev–Trinajstić information content (AvgIpc) is 3.00. The highest BCUT2D eigenvalue weighted by Crippen LogP contribution is 2.35. The van der Waals surface area contributed by atoms with Crippen LogP contribution in [0.25, 0.3) is 0 Å². The van der Waals surface area contributed by atoms with Crippen molar-refractivity contribution in [2.75, 3.05) is 26.3 Å². The van der Waals surface area contributed by atoms with Crippen molar-refractivity contribution in [1.29, 1.82) is 0 Å². The largest absolute Gasteiger partial charge is 0.381 e. The molecule has 114 valence electrons. The van der Waals surface area contributed by atoms with Crippen molar-refractivity contribution in [2.24, 2.45) is 12.5 Å². The van der Waals surface area contributed by atoms with E-state index in [0.29, 0.717) is 0 Å². The first-order valence-electron chi connectivity index (χ1n) is 7.60. The molecule has 0 aromatic carbocycles. The lowest BCUT2D eigenvalue weighted by molar-refractivity contribution is 0.148. The van der Waals surface area contributed by atoms with Crippen LogP contribution in [0.3, 0.4) is 0 Å². The molecule has 1 aliphatic heterocycles. The molecule has 0 amide bonds. The van der Waals surface area contributed by atoms with Crippen LogP contribution >= 0.6 is 15.9 Å². The summed E-state index contributed by atoms with van der Waals surface area (Å²) in [6, 6.07) is 0. The molecule has 20 heavy (non-hydrogen) atoms. The number of nitrogens with one attached hydrogen (secondary N) is 1. The van der Waals surface area contributed by atoms with E-state index in [0.717, 1.165) is 51.3 Å². The molecular formula is C15H26BrN3O. The third-order valence-electron chi connectivity index (χ3n) is 4.16. The summed E-state index contributed by atoms with van der Waals surface area (Å²) in [5.74, 6) is 0. The monoisotopic (exact) mass is 343 g/mol. The summed E-state index contributed by atoms with van der Waals surface area (Å²) in [5.41, 5.74) is 2.67. The predicted octanol–water partition coefficient (Wildman–Crippen LogP) is 2.69. The van der Waals surface area contributed by atoms with Gasteiger partial charge in [0.2, 0.25) is 0 Å². The standard InChI is InChI=1S/C15H26BrN3O/c1-4-7-17-10-15(6-8-20-11-15)9-13-14(16)12(5-2)18-19(13)3/h17H,4-11H2,1-3H3. The number of ether oxygens (including phenoxy) is 1. The maximum absolute atomic E-state index is 5.69. The highest BCUT2D eigenvalue weighted by atomic mass is 79.9. The lowest BCUT2D eigenvalue weighted by atomic mass is 9.82. The number of hydrogen-bond donors (Lipinski definition) is 1. The zero-order valence-electron chi connectivity index (χ0n) is 12.8. The van der Waals surface area contributed by atoms with Crippen molar-refractivity contribution in [3.63, 3.8) is 0 Å². The van der Waals surface area contributed by atoms with Gasteiger partial charge in [-0.2, -0.15) is 5.10 Å². The fourth-order valence-corrected chi connectivity index (χ4v) is 3.64. The smallest absolute Gasteiger partial charge is 0.0766 e. The second kappa shape index (κ2) is 7.05. The topological polar surface area (TPSA) is 39.1 Å². The average molecular weight is 344 g/mol. The summed E-state index contributed by atoms with van der Waals surface area (Å²) in [6.07, 6.45) is 4.29. The molecule has 1 aliphatic rings. The van der Waals surface area contributed by atoms with E-state index in [9.17, 15) is 0 Å². The van der Waals surface area contributed by atoms with Gasteiger partial charge in [0.25, 0.3) is 0 Å². The van der Waals surface area contributed by atoms with Crippen molar-refractivity contribution in [3.05, 3.63) is 15.9 Å². The Morgan fingerprint density at radius 2 is 2.25 bits per heavy atom. The van der Waals surface area contributed by atoms with Gasteiger partial charge >= 0.3 is 0 Å². The molecule has 1 aromatic heterocycles. The third kappa shape index (κ3) is 3.43. The van der Waals surface area contributed by atoms with E-state index in [1.165, 1.54) is 16.6 Å². The number of nitrogens with zero attached hydrogens (tertiary/aromatic N) is 2. The van der Waals surface area contributed by atoms with Crippen LogP contribution in [0.5, 0.6) is 0 Å². The van der Waals surface area contributed by atoms with Crippen molar-refractivity contribution in [2.45, 2.75) is 39.5 Å². The van der Waals surface area contributed by atoms with E-state index < -0.39 is 0 Å². The number of aromatic nitrogens is 2. The first-order valence-corrected chi connectivity index (χ1v) is 8.40. The van der Waals surface area contributed by atoms with Gasteiger partial charge < -0.3 is 10.1 Å². The molecule has 1 unspecified atom stereocenters. The Morgan fingerprint density at radius 1 is 1.45 bits per heavy atom. The number of aryl methyl sites for hydroxylation is 2. The minimum atomic E-state index is 0.219. The lowest BCUT2D eigenvalue weighted by Crippen LogP contribution is -2.37. The highest BCUT2D eigenvalue weighted by Gasteiger charge is 2.36. The van der Waals surface area contributed by atoms with Crippen LogP contribution in [-0.4, -0.2) is 36.1 Å². The van der Waals surface area contributed by atoms with Crippen LogP contribution in [0, 0.1) is 5.41 Å². The van der Waals surface area contributed by atoms with Gasteiger partial charge in [0.05, 0.1) is 22.5 Å². The zero-order valence-corrected chi connectivity index (χ0v) is 14.4. The van der Waals surface area contributed by atoms with Gasteiger partial charge in [0.15, 0.2) is 0 Å². The van der Waals surface area contributed by atoms with E-state index in [2.05, 4.69) is 40.2 Å². The number of rotatable bonds is 7. The molecule has 1 fully saturated rings. The fourth-order valence-electron chi connectivity index (χ4n) is 2.89. The maximum atomic E-state index is 5.69.